The minimum absolute atomic E-state index is 0.436. The highest BCUT2D eigenvalue weighted by molar-refractivity contribution is 5.44. The van der Waals surface area contributed by atoms with Gasteiger partial charge in [0.1, 0.15) is 24.7 Å². The first-order valence-electron chi connectivity index (χ1n) is 15.7. The molecular weight excluding hydrogens is 600 g/mol. The van der Waals surface area contributed by atoms with Crippen LogP contribution in [0.15, 0.2) is 58.8 Å². The molecule has 0 aliphatic carbocycles. The summed E-state index contributed by atoms with van der Waals surface area (Å²) >= 11 is 0. The number of hydrogen-bond donors (Lipinski definition) is 2. The van der Waals surface area contributed by atoms with Crippen LogP contribution >= 0.6 is 0 Å². The Morgan fingerprint density at radius 1 is 0.326 bits per heavy atom. The van der Waals surface area contributed by atoms with Crippen molar-refractivity contribution in [3.63, 3.8) is 0 Å². The van der Waals surface area contributed by atoms with Crippen LogP contribution in [0.4, 0.5) is 11.4 Å². The SMILES string of the molecule is NCCOCCOCCOCCOCCOc1ccc(N=Nc2ccc(OCCOCCOCCOCCOCCN)cc2)cc1. The predicted molar refractivity (Wildman–Crippen MR) is 173 cm³/mol. The average molecular weight is 653 g/mol. The first-order valence-corrected chi connectivity index (χ1v) is 15.7. The van der Waals surface area contributed by atoms with Crippen LogP contribution in [0.5, 0.6) is 11.5 Å². The molecule has 14 nitrogen and oxygen atoms in total. The van der Waals surface area contributed by atoms with Crippen molar-refractivity contribution in [2.24, 2.45) is 21.7 Å². The summed E-state index contributed by atoms with van der Waals surface area (Å²) in [4.78, 5) is 0. The number of nitrogens with zero attached hydrogens (tertiary/aromatic N) is 2. The van der Waals surface area contributed by atoms with Gasteiger partial charge in [-0.25, -0.2) is 0 Å². The molecule has 14 heteroatoms. The van der Waals surface area contributed by atoms with E-state index in [0.29, 0.717) is 132 Å². The van der Waals surface area contributed by atoms with Crippen molar-refractivity contribution in [2.45, 2.75) is 0 Å². The second kappa shape index (κ2) is 29.6. The molecule has 0 spiro atoms. The minimum Gasteiger partial charge on any atom is -0.491 e. The summed E-state index contributed by atoms with van der Waals surface area (Å²) in [6.07, 6.45) is 0. The third-order valence-electron chi connectivity index (χ3n) is 5.70. The van der Waals surface area contributed by atoms with E-state index < -0.39 is 0 Å². The Morgan fingerprint density at radius 3 is 0.826 bits per heavy atom. The van der Waals surface area contributed by atoms with Crippen molar-refractivity contribution in [1.82, 2.24) is 0 Å². The van der Waals surface area contributed by atoms with Gasteiger partial charge in [0.05, 0.1) is 117 Å². The molecule has 0 aliphatic heterocycles. The molecule has 260 valence electrons. The van der Waals surface area contributed by atoms with Gasteiger partial charge >= 0.3 is 0 Å². The summed E-state index contributed by atoms with van der Waals surface area (Å²) in [5, 5.41) is 8.57. The van der Waals surface area contributed by atoms with E-state index >= 15 is 0 Å². The maximum atomic E-state index is 5.71. The summed E-state index contributed by atoms with van der Waals surface area (Å²) in [5.41, 5.74) is 12.1. The molecule has 4 N–H and O–H groups in total. The van der Waals surface area contributed by atoms with Gasteiger partial charge in [-0.3, -0.25) is 0 Å². The number of rotatable bonds is 32. The fourth-order valence-corrected chi connectivity index (χ4v) is 3.46. The van der Waals surface area contributed by atoms with Gasteiger partial charge in [0.2, 0.25) is 0 Å². The van der Waals surface area contributed by atoms with Crippen LogP contribution in [0.1, 0.15) is 0 Å². The molecule has 0 bridgehead atoms. The Hall–Kier alpha value is -2.76. The fraction of sp³-hybridized carbons (Fsp3) is 0.625. The van der Waals surface area contributed by atoms with E-state index in [1.165, 1.54) is 0 Å². The standard InChI is InChI=1S/C32H52N4O10/c33-9-11-37-13-15-39-17-19-41-21-23-43-25-27-45-31-5-1-29(2-6-31)35-36-30-3-7-32(8-4-30)46-28-26-44-24-22-42-20-18-40-16-14-38-12-10-34/h1-8H,9-28,33-34H2. The first kappa shape index (κ1) is 39.4. The van der Waals surface area contributed by atoms with Gasteiger partial charge in [-0.05, 0) is 48.5 Å². The van der Waals surface area contributed by atoms with Gasteiger partial charge in [0.25, 0.3) is 0 Å². The Labute approximate surface area is 272 Å². The van der Waals surface area contributed by atoms with Crippen LogP contribution in [-0.2, 0) is 37.9 Å². The van der Waals surface area contributed by atoms with Gasteiger partial charge in [-0.1, -0.05) is 0 Å². The zero-order chi connectivity index (χ0) is 32.6. The van der Waals surface area contributed by atoms with E-state index in [1.54, 1.807) is 0 Å². The van der Waals surface area contributed by atoms with Crippen LogP contribution in [0, 0.1) is 0 Å². The van der Waals surface area contributed by atoms with E-state index in [1.807, 2.05) is 48.5 Å². The average Bonchev–Trinajstić information content (AvgIpc) is 3.08. The van der Waals surface area contributed by atoms with Crippen molar-refractivity contribution in [1.29, 1.82) is 0 Å². The molecule has 2 rings (SSSR count). The van der Waals surface area contributed by atoms with E-state index in [0.717, 1.165) is 22.9 Å². The molecule has 0 unspecified atom stereocenters. The first-order chi connectivity index (χ1) is 22.8. The van der Waals surface area contributed by atoms with Crippen molar-refractivity contribution in [2.75, 3.05) is 132 Å². The quantitative estimate of drug-likeness (QED) is 0.0877. The summed E-state index contributed by atoms with van der Waals surface area (Å²) in [5.74, 6) is 1.46. The molecule has 0 aromatic heterocycles. The Balaban J connectivity index is 1.43. The number of nitrogens with two attached hydrogens (primary N) is 2. The molecule has 0 atom stereocenters. The Kier molecular flexibility index (Phi) is 25.4. The molecule has 46 heavy (non-hydrogen) atoms. The number of hydrogen-bond acceptors (Lipinski definition) is 14. The third-order valence-corrected chi connectivity index (χ3v) is 5.70. The number of ether oxygens (including phenoxy) is 10. The molecule has 0 saturated heterocycles. The minimum atomic E-state index is 0.436. The molecule has 0 heterocycles. The second-order valence-corrected chi connectivity index (χ2v) is 9.36. The van der Waals surface area contributed by atoms with E-state index in [-0.39, 0.29) is 0 Å². The lowest BCUT2D eigenvalue weighted by Gasteiger charge is -2.08. The van der Waals surface area contributed by atoms with Crippen LogP contribution in [0.25, 0.3) is 0 Å². The third kappa shape index (κ3) is 22.7. The zero-order valence-corrected chi connectivity index (χ0v) is 26.9. The second-order valence-electron chi connectivity index (χ2n) is 9.36. The molecule has 0 saturated carbocycles. The molecule has 0 aliphatic rings. The zero-order valence-electron chi connectivity index (χ0n) is 26.9. The fourth-order valence-electron chi connectivity index (χ4n) is 3.46. The topological polar surface area (TPSA) is 169 Å². The highest BCUT2D eigenvalue weighted by Gasteiger charge is 1.99. The van der Waals surface area contributed by atoms with Crippen molar-refractivity contribution in [3.8, 4) is 11.5 Å². The lowest BCUT2D eigenvalue weighted by atomic mass is 10.3. The molecule has 2 aromatic carbocycles. The van der Waals surface area contributed by atoms with Crippen molar-refractivity contribution >= 4 is 11.4 Å². The smallest absolute Gasteiger partial charge is 0.119 e. The van der Waals surface area contributed by atoms with E-state index in [4.69, 9.17) is 58.8 Å². The summed E-state index contributed by atoms with van der Waals surface area (Å²) in [6.45, 7) is 10.1. The maximum absolute atomic E-state index is 5.71. The van der Waals surface area contributed by atoms with E-state index in [2.05, 4.69) is 10.2 Å². The van der Waals surface area contributed by atoms with Crippen LogP contribution < -0.4 is 20.9 Å². The van der Waals surface area contributed by atoms with Crippen LogP contribution in [0.2, 0.25) is 0 Å². The maximum Gasteiger partial charge on any atom is 0.119 e. The van der Waals surface area contributed by atoms with Gasteiger partial charge in [-0.2, -0.15) is 10.2 Å². The number of azo groups is 1. The van der Waals surface area contributed by atoms with Crippen molar-refractivity contribution in [3.05, 3.63) is 48.5 Å². The molecule has 0 radical (unpaired) electrons. The number of benzene rings is 2. The van der Waals surface area contributed by atoms with Gasteiger partial charge in [0.15, 0.2) is 0 Å². The summed E-state index contributed by atoms with van der Waals surface area (Å²) in [7, 11) is 0. The predicted octanol–water partition coefficient (Wildman–Crippen LogP) is 2.91. The van der Waals surface area contributed by atoms with E-state index in [9.17, 15) is 0 Å². The highest BCUT2D eigenvalue weighted by Crippen LogP contribution is 2.23. The van der Waals surface area contributed by atoms with Gasteiger partial charge < -0.3 is 58.8 Å². The molecule has 0 amide bonds. The molecule has 0 fully saturated rings. The summed E-state index contributed by atoms with van der Waals surface area (Å²) in [6, 6.07) is 14.8. The van der Waals surface area contributed by atoms with Gasteiger partial charge in [-0.15, -0.1) is 0 Å². The van der Waals surface area contributed by atoms with Crippen molar-refractivity contribution < 1.29 is 47.4 Å². The highest BCUT2D eigenvalue weighted by atomic mass is 16.6. The monoisotopic (exact) mass is 652 g/mol. The summed E-state index contributed by atoms with van der Waals surface area (Å²) < 4.78 is 54.6. The lowest BCUT2D eigenvalue weighted by Crippen LogP contribution is -2.15. The Bertz CT molecular complexity index is 893. The molecular formula is C32H52N4O10. The largest absolute Gasteiger partial charge is 0.491 e. The normalized spacial score (nSPS) is 11.4. The van der Waals surface area contributed by atoms with Crippen LogP contribution in [0.3, 0.4) is 0 Å². The molecule has 2 aromatic rings. The van der Waals surface area contributed by atoms with Gasteiger partial charge in [0, 0.05) is 13.1 Å². The lowest BCUT2D eigenvalue weighted by molar-refractivity contribution is -0.00386. The Morgan fingerprint density at radius 2 is 0.565 bits per heavy atom. The van der Waals surface area contributed by atoms with Crippen LogP contribution in [-0.4, -0.2) is 132 Å².